The molecule has 0 aliphatic carbocycles. The highest BCUT2D eigenvalue weighted by Crippen LogP contribution is 2.24. The van der Waals surface area contributed by atoms with Crippen molar-refractivity contribution in [3.63, 3.8) is 0 Å². The second kappa shape index (κ2) is 6.05. The Bertz CT molecular complexity index is 864. The van der Waals surface area contributed by atoms with Crippen molar-refractivity contribution in [1.82, 2.24) is 4.98 Å². The highest BCUT2D eigenvalue weighted by Gasteiger charge is 2.03. The Morgan fingerprint density at radius 3 is 2.64 bits per heavy atom. The summed E-state index contributed by atoms with van der Waals surface area (Å²) in [6.45, 7) is 2.63. The van der Waals surface area contributed by atoms with Crippen LogP contribution in [0.3, 0.4) is 0 Å². The fraction of sp³-hybridized carbons (Fsp3) is 0.111. The minimum Gasteiger partial charge on any atom is -0.381 e. The Morgan fingerprint density at radius 1 is 1.14 bits per heavy atom. The molecule has 0 fully saturated rings. The monoisotopic (exact) mass is 307 g/mol. The van der Waals surface area contributed by atoms with Crippen molar-refractivity contribution < 1.29 is 0 Å². The zero-order chi connectivity index (χ0) is 15.5. The summed E-state index contributed by atoms with van der Waals surface area (Å²) in [6, 6.07) is 17.5. The second-order valence-corrected chi connectivity index (χ2v) is 5.55. The van der Waals surface area contributed by atoms with Gasteiger partial charge in [0, 0.05) is 23.3 Å². The normalized spacial score (nSPS) is 10.4. The van der Waals surface area contributed by atoms with Crippen molar-refractivity contribution in [2.75, 3.05) is 5.32 Å². The van der Waals surface area contributed by atoms with Crippen LogP contribution in [0.15, 0.2) is 48.5 Å². The Balaban J connectivity index is 1.80. The molecule has 0 aliphatic rings. The zero-order valence-corrected chi connectivity index (χ0v) is 12.9. The number of aromatic nitrogens is 1. The average molecular weight is 308 g/mol. The van der Waals surface area contributed by atoms with Crippen LogP contribution in [-0.4, -0.2) is 4.98 Å². The zero-order valence-electron chi connectivity index (χ0n) is 12.1. The first-order valence-corrected chi connectivity index (χ1v) is 7.33. The largest absolute Gasteiger partial charge is 0.381 e. The first-order valence-electron chi connectivity index (χ1n) is 6.95. The van der Waals surface area contributed by atoms with E-state index in [1.54, 1.807) is 12.1 Å². The van der Waals surface area contributed by atoms with Crippen LogP contribution in [0.4, 0.5) is 5.69 Å². The maximum Gasteiger partial charge on any atom is 0.0991 e. The molecule has 0 unspecified atom stereocenters. The second-order valence-electron chi connectivity index (χ2n) is 5.14. The van der Waals surface area contributed by atoms with Crippen LogP contribution in [0.1, 0.15) is 16.8 Å². The molecule has 0 saturated carbocycles. The molecular formula is C18H14ClN3. The molecule has 0 saturated heterocycles. The van der Waals surface area contributed by atoms with Gasteiger partial charge in [0.2, 0.25) is 0 Å². The van der Waals surface area contributed by atoms with Gasteiger partial charge in [0.05, 0.1) is 22.2 Å². The van der Waals surface area contributed by atoms with E-state index in [-0.39, 0.29) is 0 Å². The fourth-order valence-electron chi connectivity index (χ4n) is 2.33. The summed E-state index contributed by atoms with van der Waals surface area (Å²) >= 11 is 6.23. The first-order chi connectivity index (χ1) is 10.7. The number of rotatable bonds is 3. The molecule has 0 aliphatic heterocycles. The minimum atomic E-state index is 0.658. The summed E-state index contributed by atoms with van der Waals surface area (Å²) in [7, 11) is 0. The molecule has 4 heteroatoms. The van der Waals surface area contributed by atoms with Gasteiger partial charge in [-0.25, -0.2) is 0 Å². The van der Waals surface area contributed by atoms with Crippen LogP contribution in [0.2, 0.25) is 5.02 Å². The predicted octanol–water partition coefficient (Wildman–Crippen LogP) is 4.68. The Labute approximate surface area is 134 Å². The van der Waals surface area contributed by atoms with E-state index in [4.69, 9.17) is 16.9 Å². The van der Waals surface area contributed by atoms with Gasteiger partial charge in [-0.1, -0.05) is 23.7 Å². The van der Waals surface area contributed by atoms with Crippen LogP contribution in [0, 0.1) is 18.3 Å². The lowest BCUT2D eigenvalue weighted by Gasteiger charge is -2.08. The van der Waals surface area contributed by atoms with E-state index >= 15 is 0 Å². The lowest BCUT2D eigenvalue weighted by atomic mass is 10.1. The lowest BCUT2D eigenvalue weighted by molar-refractivity contribution is 1.15. The number of anilines is 1. The van der Waals surface area contributed by atoms with Gasteiger partial charge < -0.3 is 5.32 Å². The number of nitrogens with one attached hydrogen (secondary N) is 1. The van der Waals surface area contributed by atoms with Gasteiger partial charge in [-0.3, -0.25) is 4.98 Å². The van der Waals surface area contributed by atoms with Crippen molar-refractivity contribution in [1.29, 1.82) is 5.26 Å². The van der Waals surface area contributed by atoms with Crippen molar-refractivity contribution in [3.05, 3.63) is 70.4 Å². The molecule has 3 aromatic rings. The van der Waals surface area contributed by atoms with Crippen LogP contribution in [0.5, 0.6) is 0 Å². The first kappa shape index (κ1) is 14.4. The van der Waals surface area contributed by atoms with Gasteiger partial charge in [-0.2, -0.15) is 5.26 Å². The number of hydrogen-bond donors (Lipinski definition) is 1. The molecule has 3 rings (SSSR count). The third-order valence-electron chi connectivity index (χ3n) is 3.46. The molecule has 22 heavy (non-hydrogen) atoms. The Morgan fingerprint density at radius 2 is 1.91 bits per heavy atom. The Hall–Kier alpha value is -2.57. The number of benzene rings is 2. The van der Waals surface area contributed by atoms with Gasteiger partial charge in [-0.15, -0.1) is 0 Å². The van der Waals surface area contributed by atoms with Gasteiger partial charge in [-0.05, 0) is 48.9 Å². The minimum absolute atomic E-state index is 0.658. The van der Waals surface area contributed by atoms with Gasteiger partial charge in [0.25, 0.3) is 0 Å². The number of nitriles is 1. The molecule has 3 nitrogen and oxygen atoms in total. The third kappa shape index (κ3) is 3.03. The Kier molecular flexibility index (Phi) is 3.95. The molecule has 0 spiro atoms. The molecule has 108 valence electrons. The number of nitrogens with zero attached hydrogens (tertiary/aromatic N) is 2. The predicted molar refractivity (Wildman–Crippen MR) is 90.0 cm³/mol. The molecule has 2 aromatic carbocycles. The topological polar surface area (TPSA) is 48.7 Å². The molecule has 0 amide bonds. The van der Waals surface area contributed by atoms with Crippen molar-refractivity contribution in [2.24, 2.45) is 0 Å². The average Bonchev–Trinajstić information content (AvgIpc) is 2.53. The number of hydrogen-bond acceptors (Lipinski definition) is 3. The highest BCUT2D eigenvalue weighted by atomic mass is 35.5. The molecule has 0 atom stereocenters. The highest BCUT2D eigenvalue weighted by molar-refractivity contribution is 6.35. The van der Waals surface area contributed by atoms with E-state index in [2.05, 4.69) is 16.4 Å². The van der Waals surface area contributed by atoms with Crippen LogP contribution < -0.4 is 5.32 Å². The van der Waals surface area contributed by atoms with E-state index < -0.39 is 0 Å². The molecule has 0 bridgehead atoms. The smallest absolute Gasteiger partial charge is 0.0991 e. The fourth-order valence-corrected chi connectivity index (χ4v) is 2.65. The van der Waals surface area contributed by atoms with E-state index in [1.165, 1.54) is 0 Å². The quantitative estimate of drug-likeness (QED) is 0.764. The van der Waals surface area contributed by atoms with Crippen LogP contribution >= 0.6 is 11.6 Å². The van der Waals surface area contributed by atoms with E-state index in [0.717, 1.165) is 32.9 Å². The SMILES string of the molecule is Cc1cc(Cl)c2ccc(CNc3ccc(C#N)cc3)cc2n1. The maximum absolute atomic E-state index is 8.79. The summed E-state index contributed by atoms with van der Waals surface area (Å²) < 4.78 is 0. The number of pyridine rings is 1. The van der Waals surface area contributed by atoms with E-state index in [0.29, 0.717) is 12.1 Å². The molecule has 1 aromatic heterocycles. The van der Waals surface area contributed by atoms with Crippen LogP contribution in [0.25, 0.3) is 10.9 Å². The van der Waals surface area contributed by atoms with Crippen molar-refractivity contribution in [3.8, 4) is 6.07 Å². The molecule has 1 heterocycles. The van der Waals surface area contributed by atoms with Crippen molar-refractivity contribution in [2.45, 2.75) is 13.5 Å². The summed E-state index contributed by atoms with van der Waals surface area (Å²) in [4.78, 5) is 4.53. The summed E-state index contributed by atoms with van der Waals surface area (Å²) in [5.41, 5.74) is 4.59. The van der Waals surface area contributed by atoms with E-state index in [1.807, 2.05) is 43.3 Å². The summed E-state index contributed by atoms with van der Waals surface area (Å²) in [6.07, 6.45) is 0. The van der Waals surface area contributed by atoms with Gasteiger partial charge in [0.15, 0.2) is 0 Å². The van der Waals surface area contributed by atoms with Gasteiger partial charge in [0.1, 0.15) is 0 Å². The molecular weight excluding hydrogens is 294 g/mol. The lowest BCUT2D eigenvalue weighted by Crippen LogP contribution is -1.99. The number of fused-ring (bicyclic) bond motifs is 1. The molecule has 1 N–H and O–H groups in total. The van der Waals surface area contributed by atoms with Crippen molar-refractivity contribution >= 4 is 28.2 Å². The van der Waals surface area contributed by atoms with E-state index in [9.17, 15) is 0 Å². The summed E-state index contributed by atoms with van der Waals surface area (Å²) in [5.74, 6) is 0. The van der Waals surface area contributed by atoms with Crippen LogP contribution in [-0.2, 0) is 6.54 Å². The third-order valence-corrected chi connectivity index (χ3v) is 3.78. The number of aryl methyl sites for hydroxylation is 1. The standard InChI is InChI=1S/C18H14ClN3/c1-12-8-17(19)16-7-4-14(9-18(16)22-12)11-21-15-5-2-13(10-20)3-6-15/h2-9,21H,11H2,1H3. The van der Waals surface area contributed by atoms with Gasteiger partial charge >= 0.3 is 0 Å². The number of halogens is 1. The molecule has 0 radical (unpaired) electrons. The maximum atomic E-state index is 8.79. The summed E-state index contributed by atoms with van der Waals surface area (Å²) in [5, 5.41) is 13.8.